The van der Waals surface area contributed by atoms with Crippen molar-refractivity contribution in [2.24, 2.45) is 0 Å². The molecule has 0 spiro atoms. The summed E-state index contributed by atoms with van der Waals surface area (Å²) in [7, 11) is -4.01. The number of esters is 1. The Hall–Kier alpha value is -3.50. The maximum Gasteiger partial charge on any atom is 0.324 e. The summed E-state index contributed by atoms with van der Waals surface area (Å²) in [6.45, 7) is 7.08. The smallest absolute Gasteiger partial charge is 0.324 e. The Balaban J connectivity index is 1.23. The van der Waals surface area contributed by atoms with Gasteiger partial charge < -0.3 is 28.7 Å². The second-order valence-electron chi connectivity index (χ2n) is 12.6. The Morgan fingerprint density at radius 2 is 1.87 bits per heavy atom. The highest BCUT2D eigenvalue weighted by Gasteiger charge is 2.41. The van der Waals surface area contributed by atoms with E-state index in [0.29, 0.717) is 53.7 Å². The van der Waals surface area contributed by atoms with E-state index in [2.05, 4.69) is 15.3 Å². The first-order valence-electron chi connectivity index (χ1n) is 15.2. The van der Waals surface area contributed by atoms with Crippen molar-refractivity contribution >= 4 is 50.3 Å². The third-order valence-corrected chi connectivity index (χ3v) is 10.2. The number of hydrogen-bond acceptors (Lipinski definition) is 10. The second-order valence-corrected chi connectivity index (χ2v) is 15.0. The van der Waals surface area contributed by atoms with E-state index in [-0.39, 0.29) is 55.8 Å². The first-order chi connectivity index (χ1) is 21.8. The van der Waals surface area contributed by atoms with Gasteiger partial charge in [0.15, 0.2) is 0 Å². The Labute approximate surface area is 271 Å². The molecule has 0 radical (unpaired) electrons. The molecule has 16 heteroatoms. The zero-order chi connectivity index (χ0) is 32.8. The molecule has 6 rings (SSSR count). The molecule has 14 nitrogen and oxygen atoms in total. The van der Waals surface area contributed by atoms with Crippen LogP contribution in [0.2, 0.25) is 5.02 Å². The molecular formula is C30H37ClN6O8S. The van der Waals surface area contributed by atoms with Crippen LogP contribution in [0, 0.1) is 0 Å². The number of benzene rings is 1. The van der Waals surface area contributed by atoms with E-state index in [1.54, 1.807) is 43.9 Å². The van der Waals surface area contributed by atoms with Crippen molar-refractivity contribution in [1.29, 1.82) is 0 Å². The summed E-state index contributed by atoms with van der Waals surface area (Å²) < 4.78 is 45.6. The highest BCUT2D eigenvalue weighted by Crippen LogP contribution is 2.28. The van der Waals surface area contributed by atoms with Crippen LogP contribution in [0.5, 0.6) is 0 Å². The van der Waals surface area contributed by atoms with Crippen molar-refractivity contribution in [3.05, 3.63) is 46.6 Å². The molecule has 2 saturated heterocycles. The average Bonchev–Trinajstić information content (AvgIpc) is 3.64. The molecule has 0 saturated carbocycles. The number of halogens is 1. The summed E-state index contributed by atoms with van der Waals surface area (Å²) >= 11 is 6.10. The van der Waals surface area contributed by atoms with Crippen molar-refractivity contribution in [1.82, 2.24) is 29.4 Å². The molecule has 2 fully saturated rings. The lowest BCUT2D eigenvalue weighted by Gasteiger charge is -2.40. The normalized spacial score (nSPS) is 21.3. The molecule has 2 amide bonds. The van der Waals surface area contributed by atoms with Gasteiger partial charge in [-0.15, -0.1) is 0 Å². The van der Waals surface area contributed by atoms with Crippen molar-refractivity contribution in [3.63, 3.8) is 0 Å². The Morgan fingerprint density at radius 3 is 2.61 bits per heavy atom. The van der Waals surface area contributed by atoms with Crippen molar-refractivity contribution in [2.75, 3.05) is 45.9 Å². The summed E-state index contributed by atoms with van der Waals surface area (Å²) in [6.07, 6.45) is 0.0878. The van der Waals surface area contributed by atoms with Crippen molar-refractivity contribution in [3.8, 4) is 0 Å². The number of rotatable bonds is 6. The maximum absolute atomic E-state index is 13.9. The lowest BCUT2D eigenvalue weighted by atomic mass is 10.1. The minimum absolute atomic E-state index is 0.00443. The second kappa shape index (κ2) is 12.6. The van der Waals surface area contributed by atoms with Crippen LogP contribution in [0.3, 0.4) is 0 Å². The fourth-order valence-electron chi connectivity index (χ4n) is 5.90. The van der Waals surface area contributed by atoms with Gasteiger partial charge in [-0.1, -0.05) is 11.6 Å². The van der Waals surface area contributed by atoms with Gasteiger partial charge in [0.2, 0.25) is 5.91 Å². The van der Waals surface area contributed by atoms with Crippen LogP contribution < -0.4 is 5.32 Å². The van der Waals surface area contributed by atoms with Gasteiger partial charge in [-0.05, 0) is 45.0 Å². The van der Waals surface area contributed by atoms with Crippen LogP contribution in [0.1, 0.15) is 49.3 Å². The minimum Gasteiger partial charge on any atom is -0.459 e. The van der Waals surface area contributed by atoms with Crippen molar-refractivity contribution < 1.29 is 36.7 Å². The van der Waals surface area contributed by atoms with Crippen LogP contribution in [0.25, 0.3) is 10.9 Å². The number of nitrogens with one attached hydrogen (secondary N) is 2. The fourth-order valence-corrected chi connectivity index (χ4v) is 7.57. The van der Waals surface area contributed by atoms with Gasteiger partial charge in [0, 0.05) is 61.5 Å². The molecule has 46 heavy (non-hydrogen) atoms. The molecule has 3 aliphatic heterocycles. The van der Waals surface area contributed by atoms with Crippen molar-refractivity contribution in [2.45, 2.75) is 62.9 Å². The van der Waals surface area contributed by atoms with Crippen LogP contribution >= 0.6 is 11.6 Å². The first kappa shape index (κ1) is 32.4. The number of aromatic amines is 1. The first-order valence-corrected chi connectivity index (χ1v) is 17.0. The van der Waals surface area contributed by atoms with E-state index in [4.69, 9.17) is 25.5 Å². The number of sulfonamides is 1. The van der Waals surface area contributed by atoms with E-state index >= 15 is 0 Å². The molecular weight excluding hydrogens is 640 g/mol. The quantitative estimate of drug-likeness (QED) is 0.368. The Bertz CT molecular complexity index is 1760. The molecule has 3 aliphatic rings. The lowest BCUT2D eigenvalue weighted by Crippen LogP contribution is -2.58. The summed E-state index contributed by atoms with van der Waals surface area (Å²) in [5.41, 5.74) is 0.432. The topological polar surface area (TPSA) is 167 Å². The zero-order valence-corrected chi connectivity index (χ0v) is 27.4. The van der Waals surface area contributed by atoms with E-state index < -0.39 is 39.6 Å². The molecule has 2 unspecified atom stereocenters. The minimum atomic E-state index is -4.01. The number of aromatic nitrogens is 2. The van der Waals surface area contributed by atoms with Crippen LogP contribution in [0.15, 0.2) is 33.7 Å². The third-order valence-electron chi connectivity index (χ3n) is 8.22. The number of ether oxygens (including phenoxy) is 2. The number of carbonyl (C=O) groups is 3. The zero-order valence-electron chi connectivity index (χ0n) is 25.9. The van der Waals surface area contributed by atoms with E-state index in [1.807, 2.05) is 0 Å². The van der Waals surface area contributed by atoms with Crippen LogP contribution in [0.4, 0.5) is 0 Å². The number of oxazole rings is 1. The predicted molar refractivity (Wildman–Crippen MR) is 166 cm³/mol. The SMILES string of the molecule is CC(C)(C)OC(=O)C1Cc2nc(C(=O)N3CCN(S(=O)(=O)c4cc5cc(Cl)ccc5[nH]4)CC3CC(=O)N3CCOCC3)oc2CN1. The Kier molecular flexibility index (Phi) is 8.89. The molecule has 3 aromatic rings. The van der Waals surface area contributed by atoms with Gasteiger partial charge in [0.1, 0.15) is 22.4 Å². The van der Waals surface area contributed by atoms with Gasteiger partial charge in [-0.3, -0.25) is 19.7 Å². The Morgan fingerprint density at radius 1 is 1.11 bits per heavy atom. The molecule has 0 bridgehead atoms. The molecule has 1 aromatic carbocycles. The molecule has 2 atom stereocenters. The maximum atomic E-state index is 13.9. The summed E-state index contributed by atoms with van der Waals surface area (Å²) in [4.78, 5) is 50.4. The van der Waals surface area contributed by atoms with Gasteiger partial charge >= 0.3 is 11.9 Å². The molecule has 5 heterocycles. The number of nitrogens with zero attached hydrogens (tertiary/aromatic N) is 4. The predicted octanol–water partition coefficient (Wildman–Crippen LogP) is 1.93. The van der Waals surface area contributed by atoms with Crippen LogP contribution in [-0.4, -0.2) is 114 Å². The average molecular weight is 677 g/mol. The number of amides is 2. The number of morpholine rings is 1. The fraction of sp³-hybridized carbons (Fsp3) is 0.533. The molecule has 2 aromatic heterocycles. The number of fused-ring (bicyclic) bond motifs is 2. The van der Waals surface area contributed by atoms with Gasteiger partial charge in [0.25, 0.3) is 15.9 Å². The van der Waals surface area contributed by atoms with Gasteiger partial charge in [-0.2, -0.15) is 4.31 Å². The highest BCUT2D eigenvalue weighted by atomic mass is 35.5. The number of hydrogen-bond donors (Lipinski definition) is 2. The molecule has 248 valence electrons. The summed E-state index contributed by atoms with van der Waals surface area (Å²) in [5, 5.41) is 4.20. The third kappa shape index (κ3) is 6.79. The highest BCUT2D eigenvalue weighted by molar-refractivity contribution is 7.89. The number of H-pyrrole nitrogens is 1. The van der Waals surface area contributed by atoms with Crippen LogP contribution in [-0.2, 0) is 42.1 Å². The number of piperazine rings is 1. The van der Waals surface area contributed by atoms with E-state index in [0.717, 1.165) is 0 Å². The van der Waals surface area contributed by atoms with E-state index in [1.165, 1.54) is 15.3 Å². The summed E-state index contributed by atoms with van der Waals surface area (Å²) in [6, 6.07) is 5.14. The molecule has 2 N–H and O–H groups in total. The largest absolute Gasteiger partial charge is 0.459 e. The standard InChI is InChI=1S/C30H37ClN6O8S/c1-30(2,3)45-29(40)23-15-22-24(16-32-23)44-27(34-22)28(39)37-7-6-36(17-20(37)14-26(38)35-8-10-43-11-9-35)46(41,42)25-13-18-12-19(31)4-5-21(18)33-25/h4-5,12-13,20,23,32-33H,6-11,14-17H2,1-3H3. The molecule has 0 aliphatic carbocycles. The number of carbonyl (C=O) groups excluding carboxylic acids is 3. The van der Waals surface area contributed by atoms with E-state index in [9.17, 15) is 22.8 Å². The van der Waals surface area contributed by atoms with Gasteiger partial charge in [0.05, 0.1) is 31.5 Å². The lowest BCUT2D eigenvalue weighted by molar-refractivity contribution is -0.157. The summed E-state index contributed by atoms with van der Waals surface area (Å²) in [5.74, 6) is -0.929. The van der Waals surface area contributed by atoms with Gasteiger partial charge in [-0.25, -0.2) is 13.4 Å². The monoisotopic (exact) mass is 676 g/mol.